The van der Waals surface area contributed by atoms with Gasteiger partial charge in [-0.1, -0.05) is 19.1 Å². The second-order valence-corrected chi connectivity index (χ2v) is 3.26. The van der Waals surface area contributed by atoms with Crippen LogP contribution in [0.1, 0.15) is 12.6 Å². The van der Waals surface area contributed by atoms with Crippen LogP contribution in [0.15, 0.2) is 35.1 Å². The van der Waals surface area contributed by atoms with Crippen molar-refractivity contribution in [3.05, 3.63) is 52.2 Å². The van der Waals surface area contributed by atoms with E-state index in [4.69, 9.17) is 0 Å². The molecule has 0 radical (unpaired) electrons. The average molecular weight is 206 g/mol. The zero-order valence-electron chi connectivity index (χ0n) is 8.33. The number of rotatable bonds is 2. The van der Waals surface area contributed by atoms with E-state index in [0.717, 1.165) is 12.1 Å². The van der Waals surface area contributed by atoms with Gasteiger partial charge in [-0.3, -0.25) is 9.89 Å². The molecule has 78 valence electrons. The van der Waals surface area contributed by atoms with Crippen LogP contribution in [0.3, 0.4) is 0 Å². The summed E-state index contributed by atoms with van der Waals surface area (Å²) in [5.74, 6) is -0.413. The van der Waals surface area contributed by atoms with E-state index >= 15 is 0 Å². The van der Waals surface area contributed by atoms with E-state index in [1.54, 1.807) is 18.2 Å². The summed E-state index contributed by atoms with van der Waals surface area (Å²) < 4.78 is 14.6. The lowest BCUT2D eigenvalue weighted by molar-refractivity contribution is 0.607. The Morgan fingerprint density at radius 2 is 2.13 bits per heavy atom. The molecule has 0 aliphatic carbocycles. The molecule has 3 nitrogen and oxygen atoms in total. The number of nitrogens with zero attached hydrogens (tertiary/aromatic N) is 1. The van der Waals surface area contributed by atoms with Crippen molar-refractivity contribution >= 4 is 0 Å². The molecule has 0 unspecified atom stereocenters. The van der Waals surface area contributed by atoms with Crippen LogP contribution in [0.5, 0.6) is 0 Å². The molecule has 0 atom stereocenters. The van der Waals surface area contributed by atoms with Crippen molar-refractivity contribution in [1.82, 2.24) is 9.78 Å². The Kier molecular flexibility index (Phi) is 2.41. The van der Waals surface area contributed by atoms with Crippen molar-refractivity contribution in [2.24, 2.45) is 0 Å². The van der Waals surface area contributed by atoms with Gasteiger partial charge in [0.1, 0.15) is 11.5 Å². The number of hydrogen-bond acceptors (Lipinski definition) is 1. The molecule has 1 heterocycles. The third-order valence-electron chi connectivity index (χ3n) is 2.25. The monoisotopic (exact) mass is 206 g/mol. The van der Waals surface area contributed by atoms with E-state index in [1.165, 1.54) is 16.8 Å². The van der Waals surface area contributed by atoms with Crippen molar-refractivity contribution in [3.8, 4) is 5.69 Å². The molecular formula is C11H11FN2O. The molecular weight excluding hydrogens is 195 g/mol. The van der Waals surface area contributed by atoms with Crippen LogP contribution in [0.4, 0.5) is 4.39 Å². The molecule has 0 aliphatic rings. The van der Waals surface area contributed by atoms with Gasteiger partial charge in [0.2, 0.25) is 0 Å². The fourth-order valence-electron chi connectivity index (χ4n) is 1.44. The Labute approximate surface area is 86.2 Å². The van der Waals surface area contributed by atoms with Gasteiger partial charge >= 0.3 is 0 Å². The summed E-state index contributed by atoms with van der Waals surface area (Å²) in [6.45, 7) is 1.93. The van der Waals surface area contributed by atoms with E-state index < -0.39 is 5.82 Å². The van der Waals surface area contributed by atoms with Gasteiger partial charge in [-0.05, 0) is 18.6 Å². The summed E-state index contributed by atoms with van der Waals surface area (Å²) in [7, 11) is 0. The Balaban J connectivity index is 2.59. The number of H-pyrrole nitrogens is 1. The maximum atomic E-state index is 13.4. The third kappa shape index (κ3) is 1.70. The first-order valence-electron chi connectivity index (χ1n) is 4.78. The lowest BCUT2D eigenvalue weighted by atomic mass is 10.3. The summed E-state index contributed by atoms with van der Waals surface area (Å²) in [6.07, 6.45) is 0.719. The molecule has 0 amide bonds. The summed E-state index contributed by atoms with van der Waals surface area (Å²) in [6, 6.07) is 7.65. The quantitative estimate of drug-likeness (QED) is 0.800. The first-order chi connectivity index (χ1) is 7.22. The summed E-state index contributed by atoms with van der Waals surface area (Å²) in [5.41, 5.74) is 0.808. The summed E-state index contributed by atoms with van der Waals surface area (Å²) in [4.78, 5) is 11.5. The Morgan fingerprint density at radius 1 is 1.40 bits per heavy atom. The van der Waals surface area contributed by atoms with Crippen molar-refractivity contribution in [1.29, 1.82) is 0 Å². The number of hydrogen-bond donors (Lipinski definition) is 1. The fraction of sp³-hybridized carbons (Fsp3) is 0.182. The summed E-state index contributed by atoms with van der Waals surface area (Å²) in [5, 5.41) is 2.85. The van der Waals surface area contributed by atoms with Crippen LogP contribution in [0.2, 0.25) is 0 Å². The first-order valence-corrected chi connectivity index (χ1v) is 4.78. The minimum absolute atomic E-state index is 0.239. The summed E-state index contributed by atoms with van der Waals surface area (Å²) >= 11 is 0. The van der Waals surface area contributed by atoms with Crippen LogP contribution >= 0.6 is 0 Å². The minimum Gasteiger partial charge on any atom is -0.295 e. The van der Waals surface area contributed by atoms with E-state index in [-0.39, 0.29) is 11.2 Å². The lowest BCUT2D eigenvalue weighted by Crippen LogP contribution is -2.14. The predicted octanol–water partition coefficient (Wildman–Crippen LogP) is 1.87. The number of benzene rings is 1. The maximum absolute atomic E-state index is 13.4. The number of aryl methyl sites for hydroxylation is 1. The largest absolute Gasteiger partial charge is 0.295 e. The van der Waals surface area contributed by atoms with Gasteiger partial charge in [-0.25, -0.2) is 9.07 Å². The number of aromatic amines is 1. The number of aromatic nitrogens is 2. The van der Waals surface area contributed by atoms with Gasteiger partial charge in [0.15, 0.2) is 0 Å². The van der Waals surface area contributed by atoms with Crippen LogP contribution in [0, 0.1) is 5.82 Å². The van der Waals surface area contributed by atoms with Crippen LogP contribution in [-0.2, 0) is 6.42 Å². The lowest BCUT2D eigenvalue weighted by Gasteiger charge is -2.02. The Hall–Kier alpha value is -1.84. The van der Waals surface area contributed by atoms with Crippen molar-refractivity contribution in [2.45, 2.75) is 13.3 Å². The van der Waals surface area contributed by atoms with E-state index in [9.17, 15) is 9.18 Å². The molecule has 2 aromatic rings. The highest BCUT2D eigenvalue weighted by Crippen LogP contribution is 2.09. The number of para-hydroxylation sites is 1. The zero-order valence-corrected chi connectivity index (χ0v) is 8.33. The molecule has 0 spiro atoms. The third-order valence-corrected chi connectivity index (χ3v) is 2.25. The van der Waals surface area contributed by atoms with Crippen molar-refractivity contribution in [3.63, 3.8) is 0 Å². The molecule has 0 saturated carbocycles. The molecule has 15 heavy (non-hydrogen) atoms. The van der Waals surface area contributed by atoms with Crippen molar-refractivity contribution in [2.75, 3.05) is 0 Å². The molecule has 0 fully saturated rings. The van der Waals surface area contributed by atoms with E-state index in [2.05, 4.69) is 5.10 Å². The molecule has 4 heteroatoms. The average Bonchev–Trinajstić information content (AvgIpc) is 2.60. The molecule has 0 bridgehead atoms. The second kappa shape index (κ2) is 3.73. The van der Waals surface area contributed by atoms with Gasteiger partial charge in [0, 0.05) is 11.8 Å². The normalized spacial score (nSPS) is 10.5. The molecule has 0 saturated heterocycles. The van der Waals surface area contributed by atoms with Gasteiger partial charge < -0.3 is 0 Å². The predicted molar refractivity (Wildman–Crippen MR) is 55.7 cm³/mol. The van der Waals surface area contributed by atoms with E-state index in [1.807, 2.05) is 6.92 Å². The number of halogens is 1. The standard InChI is InChI=1S/C11H11FN2O/c1-2-8-7-11(15)14(13-8)10-6-4-3-5-9(10)12/h3-7,13H,2H2,1H3. The van der Waals surface area contributed by atoms with Gasteiger partial charge in [-0.2, -0.15) is 0 Å². The molecule has 2 rings (SSSR count). The fourth-order valence-corrected chi connectivity index (χ4v) is 1.44. The topological polar surface area (TPSA) is 37.8 Å². The smallest absolute Gasteiger partial charge is 0.271 e. The van der Waals surface area contributed by atoms with Crippen LogP contribution < -0.4 is 5.56 Å². The molecule has 1 aromatic heterocycles. The molecule has 0 aliphatic heterocycles. The SMILES string of the molecule is CCc1cc(=O)n(-c2ccccc2F)[nH]1. The minimum atomic E-state index is -0.413. The van der Waals surface area contributed by atoms with Gasteiger partial charge in [0.25, 0.3) is 5.56 Å². The highest BCUT2D eigenvalue weighted by Gasteiger charge is 2.07. The Morgan fingerprint density at radius 3 is 2.73 bits per heavy atom. The first kappa shape index (κ1) is 9.71. The van der Waals surface area contributed by atoms with Gasteiger partial charge in [0.05, 0.1) is 0 Å². The Bertz CT molecular complexity index is 527. The molecule has 1 aromatic carbocycles. The highest BCUT2D eigenvalue weighted by atomic mass is 19.1. The maximum Gasteiger partial charge on any atom is 0.271 e. The van der Waals surface area contributed by atoms with Gasteiger partial charge in [-0.15, -0.1) is 0 Å². The zero-order chi connectivity index (χ0) is 10.8. The van der Waals surface area contributed by atoms with Crippen LogP contribution in [0.25, 0.3) is 5.69 Å². The van der Waals surface area contributed by atoms with Crippen molar-refractivity contribution < 1.29 is 4.39 Å². The molecule has 1 N–H and O–H groups in total. The van der Waals surface area contributed by atoms with E-state index in [0.29, 0.717) is 0 Å². The number of nitrogens with one attached hydrogen (secondary N) is 1. The van der Waals surface area contributed by atoms with Crippen LogP contribution in [-0.4, -0.2) is 9.78 Å². The second-order valence-electron chi connectivity index (χ2n) is 3.26. The highest BCUT2D eigenvalue weighted by molar-refractivity contribution is 5.32.